The standard InChI is InChI=1S/C25H27ClFN3O2/c1-13(2)18-10-17(27)20-19(29-18)12-30(21(20)31)22-24(3,4)23(25(22,5)6)32-15-8-7-14(11-28)16(26)9-15/h7-10,13,22-23H,12H2,1-6H3/t22-,23-. The molecule has 0 saturated heterocycles. The molecule has 1 aliphatic carbocycles. The molecule has 0 N–H and O–H groups in total. The van der Waals surface area contributed by atoms with Crippen molar-refractivity contribution in [1.29, 1.82) is 5.26 Å². The summed E-state index contributed by atoms with van der Waals surface area (Å²) in [7, 11) is 0. The van der Waals surface area contributed by atoms with E-state index in [1.165, 1.54) is 6.07 Å². The molecule has 2 heterocycles. The van der Waals surface area contributed by atoms with Gasteiger partial charge in [-0.05, 0) is 24.1 Å². The summed E-state index contributed by atoms with van der Waals surface area (Å²) in [5.74, 6) is -0.163. The van der Waals surface area contributed by atoms with Gasteiger partial charge in [-0.2, -0.15) is 5.26 Å². The van der Waals surface area contributed by atoms with Gasteiger partial charge in [0.05, 0.1) is 28.4 Å². The third kappa shape index (κ3) is 3.26. The van der Waals surface area contributed by atoms with Crippen LogP contribution in [0.15, 0.2) is 24.3 Å². The van der Waals surface area contributed by atoms with Gasteiger partial charge in [-0.3, -0.25) is 9.78 Å². The van der Waals surface area contributed by atoms with Gasteiger partial charge in [-0.25, -0.2) is 4.39 Å². The van der Waals surface area contributed by atoms with Crippen LogP contribution >= 0.6 is 11.6 Å². The van der Waals surface area contributed by atoms with E-state index < -0.39 is 16.6 Å². The largest absolute Gasteiger partial charge is 0.489 e. The number of benzene rings is 1. The molecule has 0 bridgehead atoms. The number of aromatic nitrogens is 1. The molecule has 1 aliphatic heterocycles. The number of ether oxygens (including phenoxy) is 1. The fourth-order valence-electron chi connectivity index (χ4n) is 5.82. The minimum atomic E-state index is -0.499. The van der Waals surface area contributed by atoms with E-state index in [-0.39, 0.29) is 29.5 Å². The van der Waals surface area contributed by atoms with E-state index in [1.807, 2.05) is 19.9 Å². The molecule has 168 valence electrons. The summed E-state index contributed by atoms with van der Waals surface area (Å²) in [4.78, 5) is 19.6. The van der Waals surface area contributed by atoms with Crippen LogP contribution < -0.4 is 4.74 Å². The van der Waals surface area contributed by atoms with Gasteiger partial charge < -0.3 is 9.64 Å². The minimum absolute atomic E-state index is 0.0764. The van der Waals surface area contributed by atoms with Crippen molar-refractivity contribution < 1.29 is 13.9 Å². The molecule has 1 aromatic carbocycles. The lowest BCUT2D eigenvalue weighted by Gasteiger charge is -2.65. The number of carbonyl (C=O) groups is 1. The minimum Gasteiger partial charge on any atom is -0.489 e. The lowest BCUT2D eigenvalue weighted by Crippen LogP contribution is -2.74. The molecule has 0 unspecified atom stereocenters. The Bertz CT molecular complexity index is 1140. The van der Waals surface area contributed by atoms with Crippen molar-refractivity contribution in [1.82, 2.24) is 9.88 Å². The number of nitrogens with zero attached hydrogens (tertiary/aromatic N) is 3. The summed E-state index contributed by atoms with van der Waals surface area (Å²) in [6, 6.07) is 8.26. The second-order valence-corrected chi connectivity index (χ2v) is 10.6. The van der Waals surface area contributed by atoms with Crippen LogP contribution in [0, 0.1) is 28.0 Å². The molecule has 0 radical (unpaired) electrons. The lowest BCUT2D eigenvalue weighted by atomic mass is 9.49. The van der Waals surface area contributed by atoms with Crippen LogP contribution in [0.3, 0.4) is 0 Å². The van der Waals surface area contributed by atoms with Crippen LogP contribution in [-0.4, -0.2) is 27.9 Å². The van der Waals surface area contributed by atoms with Crippen LogP contribution in [-0.2, 0) is 6.54 Å². The van der Waals surface area contributed by atoms with Gasteiger partial charge in [0.25, 0.3) is 5.91 Å². The number of pyridine rings is 1. The molecule has 0 spiro atoms. The summed E-state index contributed by atoms with van der Waals surface area (Å²) in [6.07, 6.45) is -0.218. The maximum absolute atomic E-state index is 14.8. The van der Waals surface area contributed by atoms with Crippen molar-refractivity contribution in [3.63, 3.8) is 0 Å². The van der Waals surface area contributed by atoms with Crippen LogP contribution in [0.4, 0.5) is 4.39 Å². The van der Waals surface area contributed by atoms with Gasteiger partial charge in [0.1, 0.15) is 23.7 Å². The monoisotopic (exact) mass is 455 g/mol. The maximum Gasteiger partial charge on any atom is 0.259 e. The van der Waals surface area contributed by atoms with Crippen molar-refractivity contribution in [2.24, 2.45) is 10.8 Å². The topological polar surface area (TPSA) is 66.2 Å². The van der Waals surface area contributed by atoms with Crippen molar-refractivity contribution in [2.45, 2.75) is 66.2 Å². The van der Waals surface area contributed by atoms with Gasteiger partial charge in [-0.15, -0.1) is 0 Å². The first-order valence-corrected chi connectivity index (χ1v) is 11.1. The lowest BCUT2D eigenvalue weighted by molar-refractivity contribution is -0.199. The molecule has 2 aromatic rings. The highest BCUT2D eigenvalue weighted by molar-refractivity contribution is 6.31. The molecule has 1 aromatic heterocycles. The quantitative estimate of drug-likeness (QED) is 0.592. The van der Waals surface area contributed by atoms with E-state index in [4.69, 9.17) is 21.6 Å². The summed E-state index contributed by atoms with van der Waals surface area (Å²) in [5, 5.41) is 9.43. The number of nitriles is 1. The molecule has 1 fully saturated rings. The average molecular weight is 456 g/mol. The van der Waals surface area contributed by atoms with E-state index in [2.05, 4.69) is 32.7 Å². The van der Waals surface area contributed by atoms with E-state index in [0.29, 0.717) is 34.3 Å². The molecular formula is C25H27ClFN3O2. The predicted molar refractivity (Wildman–Crippen MR) is 120 cm³/mol. The Labute approximate surface area is 193 Å². The molecule has 1 saturated carbocycles. The normalized spacial score (nSPS) is 23.0. The molecule has 7 heteroatoms. The fourth-order valence-corrected chi connectivity index (χ4v) is 6.03. The van der Waals surface area contributed by atoms with Crippen LogP contribution in [0.5, 0.6) is 5.75 Å². The number of amides is 1. The van der Waals surface area contributed by atoms with E-state index in [0.717, 1.165) is 0 Å². The van der Waals surface area contributed by atoms with Crippen molar-refractivity contribution in [3.05, 3.63) is 57.6 Å². The van der Waals surface area contributed by atoms with Crippen LogP contribution in [0.2, 0.25) is 5.02 Å². The highest BCUT2D eigenvalue weighted by Gasteiger charge is 2.67. The fraction of sp³-hybridized carbons (Fsp3) is 0.480. The summed E-state index contributed by atoms with van der Waals surface area (Å²) >= 11 is 6.17. The molecular weight excluding hydrogens is 429 g/mol. The maximum atomic E-state index is 14.8. The number of fused-ring (bicyclic) bond motifs is 1. The Morgan fingerprint density at radius 1 is 1.25 bits per heavy atom. The van der Waals surface area contributed by atoms with Gasteiger partial charge >= 0.3 is 0 Å². The third-order valence-corrected chi connectivity index (χ3v) is 7.15. The van der Waals surface area contributed by atoms with Gasteiger partial charge in [-0.1, -0.05) is 53.1 Å². The smallest absolute Gasteiger partial charge is 0.259 e. The second kappa shape index (κ2) is 7.45. The van der Waals surface area contributed by atoms with Gasteiger partial charge in [0.2, 0.25) is 0 Å². The molecule has 4 rings (SSSR count). The zero-order valence-corrected chi connectivity index (χ0v) is 19.9. The first-order chi connectivity index (χ1) is 14.9. The summed E-state index contributed by atoms with van der Waals surface area (Å²) < 4.78 is 21.1. The van der Waals surface area contributed by atoms with E-state index in [1.54, 1.807) is 23.1 Å². The highest BCUT2D eigenvalue weighted by atomic mass is 35.5. The van der Waals surface area contributed by atoms with Gasteiger partial charge in [0, 0.05) is 28.6 Å². The number of rotatable bonds is 4. The Hall–Kier alpha value is -2.65. The Morgan fingerprint density at radius 2 is 1.91 bits per heavy atom. The molecule has 0 atom stereocenters. The van der Waals surface area contributed by atoms with E-state index in [9.17, 15) is 9.18 Å². The molecule has 1 amide bonds. The van der Waals surface area contributed by atoms with Crippen molar-refractivity contribution in [2.75, 3.05) is 0 Å². The predicted octanol–water partition coefficient (Wildman–Crippen LogP) is 5.71. The Kier molecular flexibility index (Phi) is 5.25. The number of carbonyl (C=O) groups excluding carboxylic acids is 1. The highest BCUT2D eigenvalue weighted by Crippen LogP contribution is 2.59. The zero-order valence-electron chi connectivity index (χ0n) is 19.2. The van der Waals surface area contributed by atoms with Crippen molar-refractivity contribution in [3.8, 4) is 11.8 Å². The van der Waals surface area contributed by atoms with Crippen LogP contribution in [0.25, 0.3) is 0 Å². The summed E-state index contributed by atoms with van der Waals surface area (Å²) in [6.45, 7) is 12.4. The average Bonchev–Trinajstić information content (AvgIpc) is 3.01. The molecule has 2 aliphatic rings. The van der Waals surface area contributed by atoms with Crippen molar-refractivity contribution >= 4 is 17.5 Å². The first kappa shape index (κ1) is 22.5. The number of halogens is 2. The number of hydrogen-bond acceptors (Lipinski definition) is 4. The molecule has 32 heavy (non-hydrogen) atoms. The number of hydrogen-bond donors (Lipinski definition) is 0. The third-order valence-electron chi connectivity index (χ3n) is 6.84. The Morgan fingerprint density at radius 3 is 2.47 bits per heavy atom. The SMILES string of the molecule is CC(C)c1cc(F)c2c(n1)CN([C@H]1C(C)(C)[C@H](Oc3ccc(C#N)c(Cl)c3)C1(C)C)C2=O. The second-order valence-electron chi connectivity index (χ2n) is 10.2. The first-order valence-electron chi connectivity index (χ1n) is 10.8. The summed E-state index contributed by atoms with van der Waals surface area (Å²) in [5.41, 5.74) is 0.831. The Balaban J connectivity index is 1.62. The molecule has 5 nitrogen and oxygen atoms in total. The zero-order chi connectivity index (χ0) is 23.6. The van der Waals surface area contributed by atoms with Crippen LogP contribution in [0.1, 0.15) is 74.8 Å². The van der Waals surface area contributed by atoms with Gasteiger partial charge in [0.15, 0.2) is 0 Å². The van der Waals surface area contributed by atoms with E-state index >= 15 is 0 Å².